The first kappa shape index (κ1) is 20.2. The molecule has 3 aliphatic rings. The molecule has 1 aliphatic carbocycles. The van der Waals surface area contributed by atoms with Crippen molar-refractivity contribution in [3.8, 4) is 0 Å². The first-order valence-corrected chi connectivity index (χ1v) is 11.3. The number of carbonyl (C=O) groups excluding carboxylic acids is 3. The molecule has 156 valence electrons. The molecule has 0 radical (unpaired) electrons. The van der Waals surface area contributed by atoms with Crippen molar-refractivity contribution in [3.63, 3.8) is 0 Å². The molecule has 3 fully saturated rings. The highest BCUT2D eigenvalue weighted by atomic mass is 32.2. The predicted molar refractivity (Wildman–Crippen MR) is 109 cm³/mol. The summed E-state index contributed by atoms with van der Waals surface area (Å²) in [5.41, 5.74) is -0.400. The Hall–Kier alpha value is -2.09. The Morgan fingerprint density at radius 3 is 2.69 bits per heavy atom. The lowest BCUT2D eigenvalue weighted by Crippen LogP contribution is -2.50. The number of thioether (sulfide) groups is 1. The fraction of sp³-hybridized carbons (Fsp3) is 0.571. The van der Waals surface area contributed by atoms with Crippen molar-refractivity contribution < 1.29 is 18.8 Å². The van der Waals surface area contributed by atoms with Gasteiger partial charge < -0.3 is 10.2 Å². The molecule has 0 unspecified atom stereocenters. The molecule has 1 saturated carbocycles. The first-order valence-electron chi connectivity index (χ1n) is 10.2. The number of nitrogens with zero attached hydrogens (tertiary/aromatic N) is 2. The summed E-state index contributed by atoms with van der Waals surface area (Å²) < 4.78 is 14.2. The van der Waals surface area contributed by atoms with Gasteiger partial charge in [0.2, 0.25) is 5.91 Å². The highest BCUT2D eigenvalue weighted by Gasteiger charge is 2.53. The van der Waals surface area contributed by atoms with E-state index in [1.54, 1.807) is 23.1 Å². The van der Waals surface area contributed by atoms with Gasteiger partial charge in [-0.15, -0.1) is 11.8 Å². The van der Waals surface area contributed by atoms with Crippen molar-refractivity contribution in [2.45, 2.75) is 49.9 Å². The molecule has 8 heteroatoms. The number of urea groups is 1. The van der Waals surface area contributed by atoms with Gasteiger partial charge in [0.15, 0.2) is 0 Å². The minimum absolute atomic E-state index is 0.292. The molecule has 1 aromatic rings. The number of hydrogen-bond acceptors (Lipinski definition) is 4. The van der Waals surface area contributed by atoms with Crippen molar-refractivity contribution in [2.24, 2.45) is 5.92 Å². The lowest BCUT2D eigenvalue weighted by Gasteiger charge is -2.34. The summed E-state index contributed by atoms with van der Waals surface area (Å²) >= 11 is 1.49. The summed E-state index contributed by atoms with van der Waals surface area (Å²) in [6.45, 7) is 2.31. The maximum Gasteiger partial charge on any atom is 0.325 e. The molecule has 1 atom stereocenters. The van der Waals surface area contributed by atoms with E-state index in [9.17, 15) is 18.8 Å². The lowest BCUT2D eigenvalue weighted by molar-refractivity contribution is -0.139. The van der Waals surface area contributed by atoms with Crippen LogP contribution in [0.4, 0.5) is 9.18 Å². The van der Waals surface area contributed by atoms with E-state index in [1.165, 1.54) is 17.8 Å². The van der Waals surface area contributed by atoms with Gasteiger partial charge in [0.05, 0.1) is 0 Å². The van der Waals surface area contributed by atoms with Gasteiger partial charge >= 0.3 is 6.03 Å². The van der Waals surface area contributed by atoms with E-state index >= 15 is 0 Å². The Morgan fingerprint density at radius 1 is 1.28 bits per heavy atom. The van der Waals surface area contributed by atoms with E-state index in [0.29, 0.717) is 36.6 Å². The molecule has 29 heavy (non-hydrogen) atoms. The molecule has 1 aromatic carbocycles. The molecule has 1 spiro atoms. The highest BCUT2D eigenvalue weighted by molar-refractivity contribution is 7.99. The standard InChI is InChI=1S/C21H26FN3O3S/c1-2-14-7-9-21(10-8-14)19(27)25(20(28)23-21)13-17(26)24-11-12-29-18(24)15-5-3-4-6-16(15)22/h3-6,14,18H,2,7-13H2,1H3,(H,23,28)/t14?,18-,21?/m0/s1. The van der Waals surface area contributed by atoms with Gasteiger partial charge in [-0.05, 0) is 37.7 Å². The minimum atomic E-state index is -0.853. The van der Waals surface area contributed by atoms with Crippen LogP contribution in [0.3, 0.4) is 0 Å². The molecule has 2 saturated heterocycles. The second kappa shape index (κ2) is 7.97. The number of carbonyl (C=O) groups is 3. The molecule has 4 rings (SSSR count). The number of rotatable bonds is 4. The van der Waals surface area contributed by atoms with E-state index < -0.39 is 16.9 Å². The van der Waals surface area contributed by atoms with Gasteiger partial charge in [0, 0.05) is 17.9 Å². The maximum atomic E-state index is 14.2. The molecule has 2 heterocycles. The van der Waals surface area contributed by atoms with Crippen LogP contribution in [0, 0.1) is 11.7 Å². The van der Waals surface area contributed by atoms with Gasteiger partial charge in [0.25, 0.3) is 5.91 Å². The maximum absolute atomic E-state index is 14.2. The zero-order chi connectivity index (χ0) is 20.6. The minimum Gasteiger partial charge on any atom is -0.324 e. The molecular formula is C21H26FN3O3S. The number of hydrogen-bond donors (Lipinski definition) is 1. The van der Waals surface area contributed by atoms with E-state index in [-0.39, 0.29) is 24.2 Å². The van der Waals surface area contributed by atoms with Crippen molar-refractivity contribution in [1.29, 1.82) is 0 Å². The lowest BCUT2D eigenvalue weighted by atomic mass is 9.75. The molecule has 6 nitrogen and oxygen atoms in total. The molecule has 0 aromatic heterocycles. The molecule has 2 aliphatic heterocycles. The Balaban J connectivity index is 1.46. The third-order valence-corrected chi connectivity index (χ3v) is 7.70. The van der Waals surface area contributed by atoms with E-state index in [1.807, 2.05) is 0 Å². The first-order chi connectivity index (χ1) is 13.9. The Bertz CT molecular complexity index is 825. The number of imide groups is 1. The van der Waals surface area contributed by atoms with E-state index in [0.717, 1.165) is 24.2 Å². The quantitative estimate of drug-likeness (QED) is 0.761. The van der Waals surface area contributed by atoms with Crippen molar-refractivity contribution >= 4 is 29.6 Å². The monoisotopic (exact) mass is 419 g/mol. The summed E-state index contributed by atoms with van der Waals surface area (Å²) in [6.07, 6.45) is 4.13. The summed E-state index contributed by atoms with van der Waals surface area (Å²) in [4.78, 5) is 41.2. The fourth-order valence-corrected chi connectivity index (χ4v) is 5.92. The number of amides is 4. The zero-order valence-electron chi connectivity index (χ0n) is 16.5. The van der Waals surface area contributed by atoms with Crippen LogP contribution in [0.1, 0.15) is 50.0 Å². The summed E-state index contributed by atoms with van der Waals surface area (Å²) in [5, 5.41) is 2.43. The van der Waals surface area contributed by atoms with Gasteiger partial charge in [-0.25, -0.2) is 9.18 Å². The predicted octanol–water partition coefficient (Wildman–Crippen LogP) is 3.29. The molecule has 1 N–H and O–H groups in total. The Labute approximate surface area is 174 Å². The third kappa shape index (κ3) is 3.63. The average molecular weight is 420 g/mol. The van der Waals surface area contributed by atoms with Gasteiger partial charge in [-0.2, -0.15) is 0 Å². The molecule has 4 amide bonds. The second-order valence-electron chi connectivity index (χ2n) is 8.09. The van der Waals surface area contributed by atoms with Crippen LogP contribution >= 0.6 is 11.8 Å². The Kier molecular flexibility index (Phi) is 5.55. The van der Waals surface area contributed by atoms with Crippen LogP contribution in [-0.4, -0.2) is 52.0 Å². The average Bonchev–Trinajstić information content (AvgIpc) is 3.29. The smallest absolute Gasteiger partial charge is 0.324 e. The van der Waals surface area contributed by atoms with Crippen LogP contribution in [0.5, 0.6) is 0 Å². The topological polar surface area (TPSA) is 69.7 Å². The summed E-state index contributed by atoms with van der Waals surface area (Å²) in [5.74, 6) is 0.300. The number of nitrogens with one attached hydrogen (secondary N) is 1. The van der Waals surface area contributed by atoms with Crippen molar-refractivity contribution in [2.75, 3.05) is 18.8 Å². The normalized spacial score (nSPS) is 29.6. The van der Waals surface area contributed by atoms with Crippen LogP contribution < -0.4 is 5.32 Å². The van der Waals surface area contributed by atoms with Crippen LogP contribution in [0.2, 0.25) is 0 Å². The zero-order valence-corrected chi connectivity index (χ0v) is 17.3. The number of halogens is 1. The molecule has 0 bridgehead atoms. The largest absolute Gasteiger partial charge is 0.325 e. The Morgan fingerprint density at radius 2 is 2.00 bits per heavy atom. The van der Waals surface area contributed by atoms with Crippen LogP contribution in [0.15, 0.2) is 24.3 Å². The van der Waals surface area contributed by atoms with Gasteiger partial charge in [-0.1, -0.05) is 31.5 Å². The number of benzene rings is 1. The molecular weight excluding hydrogens is 393 g/mol. The summed E-state index contributed by atoms with van der Waals surface area (Å²) in [7, 11) is 0. The fourth-order valence-electron chi connectivity index (χ4n) is 4.62. The summed E-state index contributed by atoms with van der Waals surface area (Å²) in [6, 6.07) is 5.92. The van der Waals surface area contributed by atoms with Gasteiger partial charge in [0.1, 0.15) is 23.3 Å². The van der Waals surface area contributed by atoms with Crippen molar-refractivity contribution in [1.82, 2.24) is 15.1 Å². The van der Waals surface area contributed by atoms with Crippen LogP contribution in [-0.2, 0) is 9.59 Å². The van der Waals surface area contributed by atoms with E-state index in [4.69, 9.17) is 0 Å². The SMILES string of the molecule is CCC1CCC2(CC1)NC(=O)N(CC(=O)N1CCS[C@H]1c1ccccc1F)C2=O. The van der Waals surface area contributed by atoms with E-state index in [2.05, 4.69) is 12.2 Å². The highest BCUT2D eigenvalue weighted by Crippen LogP contribution is 2.40. The third-order valence-electron chi connectivity index (χ3n) is 6.46. The van der Waals surface area contributed by atoms with Crippen LogP contribution in [0.25, 0.3) is 0 Å². The van der Waals surface area contributed by atoms with Gasteiger partial charge in [-0.3, -0.25) is 14.5 Å². The second-order valence-corrected chi connectivity index (χ2v) is 9.28. The van der Waals surface area contributed by atoms with Crippen molar-refractivity contribution in [3.05, 3.63) is 35.6 Å².